The van der Waals surface area contributed by atoms with Gasteiger partial charge in [0.2, 0.25) is 0 Å². The summed E-state index contributed by atoms with van der Waals surface area (Å²) in [7, 11) is 1.67. The molecule has 1 aromatic heterocycles. The van der Waals surface area contributed by atoms with Gasteiger partial charge in [-0.15, -0.1) is 0 Å². The van der Waals surface area contributed by atoms with E-state index >= 15 is 0 Å². The normalized spacial score (nSPS) is 10.2. The molecule has 1 rings (SSSR count). The number of nitrogens with two attached hydrogens (primary N) is 1. The van der Waals surface area contributed by atoms with Crippen molar-refractivity contribution in [3.63, 3.8) is 0 Å². The van der Waals surface area contributed by atoms with Gasteiger partial charge < -0.3 is 15.0 Å². The van der Waals surface area contributed by atoms with E-state index in [1.807, 2.05) is 22.9 Å². The first kappa shape index (κ1) is 7.31. The van der Waals surface area contributed by atoms with Crippen molar-refractivity contribution in [2.24, 2.45) is 5.73 Å². The summed E-state index contributed by atoms with van der Waals surface area (Å²) in [5, 5.41) is 0. The van der Waals surface area contributed by atoms with Gasteiger partial charge in [-0.1, -0.05) is 0 Å². The summed E-state index contributed by atoms with van der Waals surface area (Å²) in [6.45, 7) is 1.15. The van der Waals surface area contributed by atoms with E-state index in [0.717, 1.165) is 5.69 Å². The highest BCUT2D eigenvalue weighted by atomic mass is 16.5. The van der Waals surface area contributed by atoms with Crippen LogP contribution in [-0.2, 0) is 18.0 Å². The lowest BCUT2D eigenvalue weighted by molar-refractivity contribution is 0.129. The van der Waals surface area contributed by atoms with Crippen LogP contribution in [-0.4, -0.2) is 11.7 Å². The Morgan fingerprint density at radius 2 is 2.50 bits per heavy atom. The first-order valence-electron chi connectivity index (χ1n) is 3.21. The quantitative estimate of drug-likeness (QED) is 0.666. The SMILES string of the molecule is COCn1cccc1CN. The standard InChI is InChI=1S/C7H12N2O/c1-10-6-9-4-2-3-7(9)5-8/h2-4H,5-6,8H2,1H3. The topological polar surface area (TPSA) is 40.2 Å². The molecule has 0 spiro atoms. The second kappa shape index (κ2) is 3.39. The molecule has 0 bridgehead atoms. The molecule has 0 atom stereocenters. The van der Waals surface area contributed by atoms with Crippen LogP contribution in [0.4, 0.5) is 0 Å². The number of ether oxygens (including phenoxy) is 1. The molecule has 56 valence electrons. The van der Waals surface area contributed by atoms with Crippen molar-refractivity contribution in [3.8, 4) is 0 Å². The third kappa shape index (κ3) is 1.37. The molecule has 3 nitrogen and oxygen atoms in total. The second-order valence-corrected chi connectivity index (χ2v) is 2.09. The lowest BCUT2D eigenvalue weighted by Crippen LogP contribution is -2.07. The third-order valence-electron chi connectivity index (χ3n) is 1.40. The molecule has 0 saturated carbocycles. The van der Waals surface area contributed by atoms with Gasteiger partial charge in [0.15, 0.2) is 0 Å². The summed E-state index contributed by atoms with van der Waals surface area (Å²) in [4.78, 5) is 0. The highest BCUT2D eigenvalue weighted by molar-refractivity contribution is 5.05. The second-order valence-electron chi connectivity index (χ2n) is 2.09. The van der Waals surface area contributed by atoms with E-state index < -0.39 is 0 Å². The predicted octanol–water partition coefficient (Wildman–Crippen LogP) is 0.551. The van der Waals surface area contributed by atoms with Gasteiger partial charge >= 0.3 is 0 Å². The van der Waals surface area contributed by atoms with Crippen LogP contribution in [0.2, 0.25) is 0 Å². The summed E-state index contributed by atoms with van der Waals surface area (Å²) in [6.07, 6.45) is 1.95. The number of aromatic nitrogens is 1. The number of nitrogens with zero attached hydrogens (tertiary/aromatic N) is 1. The smallest absolute Gasteiger partial charge is 0.122 e. The van der Waals surface area contributed by atoms with Crippen molar-refractivity contribution < 1.29 is 4.74 Å². The molecule has 1 aromatic rings. The fourth-order valence-electron chi connectivity index (χ4n) is 0.900. The molecule has 0 fully saturated rings. The maximum absolute atomic E-state index is 5.45. The molecular weight excluding hydrogens is 128 g/mol. The summed E-state index contributed by atoms with van der Waals surface area (Å²) in [5.74, 6) is 0. The zero-order valence-corrected chi connectivity index (χ0v) is 6.08. The van der Waals surface area contributed by atoms with Crippen molar-refractivity contribution >= 4 is 0 Å². The van der Waals surface area contributed by atoms with Crippen molar-refractivity contribution in [1.29, 1.82) is 0 Å². The zero-order valence-electron chi connectivity index (χ0n) is 6.08. The van der Waals surface area contributed by atoms with Gasteiger partial charge in [0.1, 0.15) is 6.73 Å². The highest BCUT2D eigenvalue weighted by Gasteiger charge is 1.94. The number of rotatable bonds is 3. The van der Waals surface area contributed by atoms with Gasteiger partial charge in [-0.2, -0.15) is 0 Å². The zero-order chi connectivity index (χ0) is 7.40. The van der Waals surface area contributed by atoms with Crippen molar-refractivity contribution in [1.82, 2.24) is 4.57 Å². The van der Waals surface area contributed by atoms with Gasteiger partial charge in [0, 0.05) is 25.5 Å². The van der Waals surface area contributed by atoms with E-state index in [1.165, 1.54) is 0 Å². The first-order chi connectivity index (χ1) is 4.88. The molecule has 0 unspecified atom stereocenters. The molecule has 3 heteroatoms. The van der Waals surface area contributed by atoms with Crippen LogP contribution >= 0.6 is 0 Å². The molecule has 10 heavy (non-hydrogen) atoms. The van der Waals surface area contributed by atoms with Gasteiger partial charge in [-0.25, -0.2) is 0 Å². The van der Waals surface area contributed by atoms with Gasteiger partial charge in [-0.05, 0) is 12.1 Å². The minimum atomic E-state index is 0.566. The minimum absolute atomic E-state index is 0.566. The van der Waals surface area contributed by atoms with E-state index in [2.05, 4.69) is 0 Å². The highest BCUT2D eigenvalue weighted by Crippen LogP contribution is 1.99. The van der Waals surface area contributed by atoms with Crippen molar-refractivity contribution in [3.05, 3.63) is 24.0 Å². The van der Waals surface area contributed by atoms with Gasteiger partial charge in [-0.3, -0.25) is 0 Å². The summed E-state index contributed by atoms with van der Waals surface area (Å²) < 4.78 is 6.91. The lowest BCUT2D eigenvalue weighted by atomic mass is 10.4. The Balaban J connectivity index is 2.70. The van der Waals surface area contributed by atoms with Crippen LogP contribution in [0.25, 0.3) is 0 Å². The van der Waals surface area contributed by atoms with Crippen molar-refractivity contribution in [2.75, 3.05) is 7.11 Å². The number of hydrogen-bond donors (Lipinski definition) is 1. The molecule has 0 radical (unpaired) electrons. The Labute approximate surface area is 60.4 Å². The predicted molar refractivity (Wildman–Crippen MR) is 39.3 cm³/mol. The lowest BCUT2D eigenvalue weighted by Gasteiger charge is -2.04. The molecule has 0 aliphatic rings. The largest absolute Gasteiger partial charge is 0.364 e. The van der Waals surface area contributed by atoms with Crippen LogP contribution in [0, 0.1) is 0 Å². The molecule has 0 aromatic carbocycles. The molecule has 0 amide bonds. The van der Waals surface area contributed by atoms with Gasteiger partial charge in [0.05, 0.1) is 0 Å². The Morgan fingerprint density at radius 3 is 3.10 bits per heavy atom. The first-order valence-corrected chi connectivity index (χ1v) is 3.21. The van der Waals surface area contributed by atoms with E-state index in [4.69, 9.17) is 10.5 Å². The molecule has 2 N–H and O–H groups in total. The van der Waals surface area contributed by atoms with Crippen molar-refractivity contribution in [2.45, 2.75) is 13.3 Å². The van der Waals surface area contributed by atoms with Crippen LogP contribution < -0.4 is 5.73 Å². The van der Waals surface area contributed by atoms with E-state index in [-0.39, 0.29) is 0 Å². The maximum Gasteiger partial charge on any atom is 0.122 e. The Bertz CT molecular complexity index is 195. The number of hydrogen-bond acceptors (Lipinski definition) is 2. The molecule has 0 saturated heterocycles. The monoisotopic (exact) mass is 140 g/mol. The maximum atomic E-state index is 5.45. The summed E-state index contributed by atoms with van der Waals surface area (Å²) in [6, 6.07) is 3.94. The fraction of sp³-hybridized carbons (Fsp3) is 0.429. The summed E-state index contributed by atoms with van der Waals surface area (Å²) >= 11 is 0. The van der Waals surface area contributed by atoms with E-state index in [0.29, 0.717) is 13.3 Å². The Hall–Kier alpha value is -0.800. The van der Waals surface area contributed by atoms with Crippen LogP contribution in [0.3, 0.4) is 0 Å². The van der Waals surface area contributed by atoms with Crippen LogP contribution in [0.5, 0.6) is 0 Å². The average Bonchev–Trinajstić information content (AvgIpc) is 2.36. The van der Waals surface area contributed by atoms with Crippen LogP contribution in [0.1, 0.15) is 5.69 Å². The molecular formula is C7H12N2O. The third-order valence-corrected chi connectivity index (χ3v) is 1.40. The fourth-order valence-corrected chi connectivity index (χ4v) is 0.900. The average molecular weight is 140 g/mol. The Kier molecular flexibility index (Phi) is 2.48. The molecule has 0 aliphatic carbocycles. The van der Waals surface area contributed by atoms with E-state index in [1.54, 1.807) is 7.11 Å². The van der Waals surface area contributed by atoms with E-state index in [9.17, 15) is 0 Å². The summed E-state index contributed by atoms with van der Waals surface area (Å²) in [5.41, 5.74) is 6.55. The molecule has 0 aliphatic heterocycles. The van der Waals surface area contributed by atoms with Gasteiger partial charge in [0.25, 0.3) is 0 Å². The molecule has 1 heterocycles. The van der Waals surface area contributed by atoms with Crippen LogP contribution in [0.15, 0.2) is 18.3 Å². The number of methoxy groups -OCH3 is 1. The Morgan fingerprint density at radius 1 is 1.70 bits per heavy atom. The minimum Gasteiger partial charge on any atom is -0.364 e.